The lowest BCUT2D eigenvalue weighted by Crippen LogP contribution is -2.31. The van der Waals surface area contributed by atoms with Crippen molar-refractivity contribution < 1.29 is 18.3 Å². The van der Waals surface area contributed by atoms with Gasteiger partial charge in [0, 0.05) is 17.5 Å². The molecule has 1 aromatic carbocycles. The zero-order valence-electron chi connectivity index (χ0n) is 10.7. The molecule has 1 aromatic rings. The lowest BCUT2D eigenvalue weighted by atomic mass is 10.2. The van der Waals surface area contributed by atoms with Gasteiger partial charge < -0.3 is 10.4 Å². The standard InChI is InChI=1S/C13H15NO4S/c1-10(19(2,17)18)13(16)14-12-7-3-5-11(9-12)6-4-8-15/h3,5,7,9-10,15H,8H2,1-2H3,(H,14,16). The normalized spacial score (nSPS) is 12.2. The molecule has 102 valence electrons. The molecule has 5 nitrogen and oxygen atoms in total. The van der Waals surface area contributed by atoms with Crippen molar-refractivity contribution in [3.05, 3.63) is 29.8 Å². The van der Waals surface area contributed by atoms with E-state index in [4.69, 9.17) is 5.11 Å². The number of benzene rings is 1. The first-order valence-corrected chi connectivity index (χ1v) is 7.49. The molecular formula is C13H15NO4S. The van der Waals surface area contributed by atoms with Gasteiger partial charge in [0.2, 0.25) is 5.91 Å². The summed E-state index contributed by atoms with van der Waals surface area (Å²) in [4.78, 5) is 11.7. The van der Waals surface area contributed by atoms with Gasteiger partial charge in [-0.3, -0.25) is 4.79 Å². The maximum atomic E-state index is 11.7. The minimum absolute atomic E-state index is 0.248. The summed E-state index contributed by atoms with van der Waals surface area (Å²) >= 11 is 0. The fourth-order valence-corrected chi connectivity index (χ4v) is 1.70. The molecule has 1 amide bonds. The average molecular weight is 281 g/mol. The third-order valence-corrected chi connectivity index (χ3v) is 3.95. The van der Waals surface area contributed by atoms with Gasteiger partial charge in [-0.2, -0.15) is 0 Å². The predicted octanol–water partition coefficient (Wildman–Crippen LogP) is 0.402. The fraction of sp³-hybridized carbons (Fsp3) is 0.308. The van der Waals surface area contributed by atoms with Crippen LogP contribution >= 0.6 is 0 Å². The molecule has 0 bridgehead atoms. The van der Waals surface area contributed by atoms with Gasteiger partial charge in [-0.15, -0.1) is 0 Å². The number of rotatable bonds is 3. The first kappa shape index (κ1) is 15.2. The molecule has 19 heavy (non-hydrogen) atoms. The molecular weight excluding hydrogens is 266 g/mol. The number of aliphatic hydroxyl groups excluding tert-OH is 1. The minimum atomic E-state index is -3.42. The number of carbonyl (C=O) groups excluding carboxylic acids is 1. The molecule has 0 aromatic heterocycles. The summed E-state index contributed by atoms with van der Waals surface area (Å²) in [5, 5.41) is 10.00. The van der Waals surface area contributed by atoms with E-state index in [-0.39, 0.29) is 6.61 Å². The second-order valence-corrected chi connectivity index (χ2v) is 6.37. The van der Waals surface area contributed by atoms with E-state index < -0.39 is 21.0 Å². The molecule has 1 unspecified atom stereocenters. The van der Waals surface area contributed by atoms with E-state index >= 15 is 0 Å². The zero-order valence-corrected chi connectivity index (χ0v) is 11.5. The molecule has 0 aliphatic carbocycles. The highest BCUT2D eigenvalue weighted by atomic mass is 32.2. The lowest BCUT2D eigenvalue weighted by Gasteiger charge is -2.10. The van der Waals surface area contributed by atoms with Crippen LogP contribution in [-0.2, 0) is 14.6 Å². The highest BCUT2D eigenvalue weighted by molar-refractivity contribution is 7.92. The van der Waals surface area contributed by atoms with Crippen LogP contribution in [-0.4, -0.2) is 37.5 Å². The van der Waals surface area contributed by atoms with E-state index in [1.807, 2.05) is 0 Å². The van der Waals surface area contributed by atoms with Crippen LogP contribution in [0, 0.1) is 11.8 Å². The number of sulfone groups is 1. The van der Waals surface area contributed by atoms with Crippen molar-refractivity contribution in [1.82, 2.24) is 0 Å². The molecule has 0 spiro atoms. The Balaban J connectivity index is 2.86. The van der Waals surface area contributed by atoms with E-state index in [1.54, 1.807) is 24.3 Å². The Bertz CT molecular complexity index is 626. The molecule has 2 N–H and O–H groups in total. The molecule has 0 fully saturated rings. The van der Waals surface area contributed by atoms with Crippen LogP contribution < -0.4 is 5.32 Å². The second-order valence-electron chi connectivity index (χ2n) is 4.00. The molecule has 1 rings (SSSR count). The van der Waals surface area contributed by atoms with Gasteiger partial charge in [-0.05, 0) is 25.1 Å². The van der Waals surface area contributed by atoms with Gasteiger partial charge in [-0.25, -0.2) is 8.42 Å². The van der Waals surface area contributed by atoms with E-state index in [2.05, 4.69) is 17.2 Å². The van der Waals surface area contributed by atoms with Gasteiger partial charge in [0.15, 0.2) is 9.84 Å². The van der Waals surface area contributed by atoms with Gasteiger partial charge in [0.1, 0.15) is 11.9 Å². The number of aliphatic hydroxyl groups is 1. The maximum absolute atomic E-state index is 11.7. The van der Waals surface area contributed by atoms with E-state index in [9.17, 15) is 13.2 Å². The van der Waals surface area contributed by atoms with Crippen molar-refractivity contribution >= 4 is 21.4 Å². The number of hydrogen-bond acceptors (Lipinski definition) is 4. The van der Waals surface area contributed by atoms with Gasteiger partial charge in [0.05, 0.1) is 0 Å². The monoisotopic (exact) mass is 281 g/mol. The molecule has 0 radical (unpaired) electrons. The van der Waals surface area contributed by atoms with Crippen molar-refractivity contribution in [1.29, 1.82) is 0 Å². The number of anilines is 1. The van der Waals surface area contributed by atoms with Crippen LogP contribution in [0.4, 0.5) is 5.69 Å². The molecule has 6 heteroatoms. The number of nitrogens with one attached hydrogen (secondary N) is 1. The van der Waals surface area contributed by atoms with Crippen molar-refractivity contribution in [2.75, 3.05) is 18.2 Å². The largest absolute Gasteiger partial charge is 0.384 e. The summed E-state index contributed by atoms with van der Waals surface area (Å²) in [6.07, 6.45) is 1.01. The Morgan fingerprint density at radius 2 is 2.16 bits per heavy atom. The third-order valence-electron chi connectivity index (χ3n) is 2.45. The quantitative estimate of drug-likeness (QED) is 0.786. The number of hydrogen-bond donors (Lipinski definition) is 2. The summed E-state index contributed by atoms with van der Waals surface area (Å²) in [6.45, 7) is 1.09. The smallest absolute Gasteiger partial charge is 0.242 e. The molecule has 0 saturated heterocycles. The summed E-state index contributed by atoms with van der Waals surface area (Å²) in [6, 6.07) is 6.65. The average Bonchev–Trinajstić information content (AvgIpc) is 2.34. The fourth-order valence-electron chi connectivity index (χ4n) is 1.25. The van der Waals surface area contributed by atoms with Crippen LogP contribution in [0.25, 0.3) is 0 Å². The SMILES string of the molecule is CC(C(=O)Nc1cccc(C#CCO)c1)S(C)(=O)=O. The lowest BCUT2D eigenvalue weighted by molar-refractivity contribution is -0.115. The van der Waals surface area contributed by atoms with Gasteiger partial charge in [0.25, 0.3) is 0 Å². The highest BCUT2D eigenvalue weighted by Gasteiger charge is 2.23. The summed E-state index contributed by atoms with van der Waals surface area (Å²) < 4.78 is 22.5. The Labute approximate surface area is 112 Å². The van der Waals surface area contributed by atoms with Gasteiger partial charge >= 0.3 is 0 Å². The molecule has 0 saturated carbocycles. The summed E-state index contributed by atoms with van der Waals surface area (Å²) in [5.74, 6) is 4.60. The first-order valence-electron chi connectivity index (χ1n) is 5.54. The van der Waals surface area contributed by atoms with Crippen LogP contribution in [0.1, 0.15) is 12.5 Å². The third kappa shape index (κ3) is 4.73. The summed E-state index contributed by atoms with van der Waals surface area (Å²) in [5.41, 5.74) is 1.09. The van der Waals surface area contributed by atoms with Crippen molar-refractivity contribution in [2.45, 2.75) is 12.2 Å². The van der Waals surface area contributed by atoms with Gasteiger partial charge in [-0.1, -0.05) is 17.9 Å². The Morgan fingerprint density at radius 1 is 1.47 bits per heavy atom. The van der Waals surface area contributed by atoms with Crippen LogP contribution in [0.3, 0.4) is 0 Å². The Kier molecular flexibility index (Phi) is 5.10. The van der Waals surface area contributed by atoms with Crippen molar-refractivity contribution in [3.63, 3.8) is 0 Å². The maximum Gasteiger partial charge on any atom is 0.242 e. The minimum Gasteiger partial charge on any atom is -0.384 e. The molecule has 0 aliphatic rings. The Morgan fingerprint density at radius 3 is 2.74 bits per heavy atom. The van der Waals surface area contributed by atoms with Crippen LogP contribution in [0.5, 0.6) is 0 Å². The van der Waals surface area contributed by atoms with Crippen LogP contribution in [0.15, 0.2) is 24.3 Å². The van der Waals surface area contributed by atoms with E-state index in [0.717, 1.165) is 6.26 Å². The predicted molar refractivity (Wildman–Crippen MR) is 73.3 cm³/mol. The highest BCUT2D eigenvalue weighted by Crippen LogP contribution is 2.11. The van der Waals surface area contributed by atoms with E-state index in [0.29, 0.717) is 11.3 Å². The second kappa shape index (κ2) is 6.36. The number of amides is 1. The van der Waals surface area contributed by atoms with E-state index in [1.165, 1.54) is 6.92 Å². The molecule has 0 aliphatic heterocycles. The van der Waals surface area contributed by atoms with Crippen LogP contribution in [0.2, 0.25) is 0 Å². The zero-order chi connectivity index (χ0) is 14.5. The van der Waals surface area contributed by atoms with Crippen molar-refractivity contribution in [2.24, 2.45) is 0 Å². The number of carbonyl (C=O) groups is 1. The topological polar surface area (TPSA) is 83.5 Å². The summed E-state index contributed by atoms with van der Waals surface area (Å²) in [7, 11) is -3.42. The molecule has 0 heterocycles. The Hall–Kier alpha value is -1.84. The first-order chi connectivity index (χ1) is 8.84. The van der Waals surface area contributed by atoms with Crippen molar-refractivity contribution in [3.8, 4) is 11.8 Å². The molecule has 1 atom stereocenters.